The van der Waals surface area contributed by atoms with Gasteiger partial charge < -0.3 is 5.32 Å². The molecular weight excluding hydrogens is 308 g/mol. The largest absolute Gasteiger partial charge is 0.319 e. The van der Waals surface area contributed by atoms with Gasteiger partial charge in [0.15, 0.2) is 0 Å². The second-order valence-electron chi connectivity index (χ2n) is 4.44. The SMILES string of the molecule is CNCC(Cc1cccc(Br)c1)Cc1cscn1. The first-order valence-corrected chi connectivity index (χ1v) is 7.77. The van der Waals surface area contributed by atoms with Crippen molar-refractivity contribution in [2.45, 2.75) is 12.8 Å². The van der Waals surface area contributed by atoms with Crippen LogP contribution in [-0.2, 0) is 12.8 Å². The monoisotopic (exact) mass is 324 g/mol. The molecule has 96 valence electrons. The van der Waals surface area contributed by atoms with Crippen molar-refractivity contribution in [2.75, 3.05) is 13.6 Å². The summed E-state index contributed by atoms with van der Waals surface area (Å²) in [7, 11) is 2.01. The minimum absolute atomic E-state index is 0.589. The summed E-state index contributed by atoms with van der Waals surface area (Å²) in [5, 5.41) is 5.42. The van der Waals surface area contributed by atoms with Gasteiger partial charge in [-0.05, 0) is 50.0 Å². The molecule has 0 spiro atoms. The van der Waals surface area contributed by atoms with Gasteiger partial charge in [0.1, 0.15) is 0 Å². The van der Waals surface area contributed by atoms with Gasteiger partial charge in [-0.1, -0.05) is 28.1 Å². The summed E-state index contributed by atoms with van der Waals surface area (Å²) in [4.78, 5) is 4.38. The number of nitrogens with one attached hydrogen (secondary N) is 1. The van der Waals surface area contributed by atoms with E-state index in [0.29, 0.717) is 5.92 Å². The second kappa shape index (κ2) is 7.02. The van der Waals surface area contributed by atoms with Crippen LogP contribution in [0.2, 0.25) is 0 Å². The van der Waals surface area contributed by atoms with Gasteiger partial charge >= 0.3 is 0 Å². The lowest BCUT2D eigenvalue weighted by molar-refractivity contribution is 0.489. The maximum Gasteiger partial charge on any atom is 0.0794 e. The topological polar surface area (TPSA) is 24.9 Å². The highest BCUT2D eigenvalue weighted by Crippen LogP contribution is 2.18. The molecular formula is C14H17BrN2S. The molecule has 1 aromatic carbocycles. The molecule has 1 heterocycles. The molecule has 18 heavy (non-hydrogen) atoms. The van der Waals surface area contributed by atoms with Crippen LogP contribution in [-0.4, -0.2) is 18.6 Å². The van der Waals surface area contributed by atoms with E-state index < -0.39 is 0 Å². The number of hydrogen-bond donors (Lipinski definition) is 1. The summed E-state index contributed by atoms with van der Waals surface area (Å²) >= 11 is 5.19. The summed E-state index contributed by atoms with van der Waals surface area (Å²) in [5.41, 5.74) is 4.49. The van der Waals surface area contributed by atoms with Crippen LogP contribution in [0, 0.1) is 5.92 Å². The Bertz CT molecular complexity index is 470. The highest BCUT2D eigenvalue weighted by atomic mass is 79.9. The molecule has 1 N–H and O–H groups in total. The van der Waals surface area contributed by atoms with Gasteiger partial charge in [0.05, 0.1) is 11.2 Å². The Morgan fingerprint density at radius 1 is 1.39 bits per heavy atom. The molecule has 0 aliphatic heterocycles. The lowest BCUT2D eigenvalue weighted by atomic mass is 9.95. The van der Waals surface area contributed by atoms with E-state index >= 15 is 0 Å². The number of aromatic nitrogens is 1. The van der Waals surface area contributed by atoms with E-state index in [2.05, 4.69) is 55.9 Å². The standard InChI is InChI=1S/C14H17BrN2S/c1-16-8-12(7-14-9-18-10-17-14)5-11-3-2-4-13(15)6-11/h2-4,6,9-10,12,16H,5,7-8H2,1H3. The summed E-state index contributed by atoms with van der Waals surface area (Å²) in [6.07, 6.45) is 2.12. The zero-order valence-corrected chi connectivity index (χ0v) is 12.8. The van der Waals surface area contributed by atoms with Crippen LogP contribution in [0.25, 0.3) is 0 Å². The van der Waals surface area contributed by atoms with E-state index in [0.717, 1.165) is 23.9 Å². The molecule has 2 rings (SSSR count). The predicted molar refractivity (Wildman–Crippen MR) is 81.1 cm³/mol. The Morgan fingerprint density at radius 2 is 2.28 bits per heavy atom. The van der Waals surface area contributed by atoms with Crippen LogP contribution < -0.4 is 5.32 Å². The minimum Gasteiger partial charge on any atom is -0.319 e. The maximum atomic E-state index is 4.38. The van der Waals surface area contributed by atoms with Crippen molar-refractivity contribution in [1.82, 2.24) is 10.3 Å². The predicted octanol–water partition coefficient (Wildman–Crippen LogP) is 3.53. The lowest BCUT2D eigenvalue weighted by Gasteiger charge is -2.15. The van der Waals surface area contributed by atoms with Crippen molar-refractivity contribution in [3.63, 3.8) is 0 Å². The molecule has 1 unspecified atom stereocenters. The molecule has 0 saturated heterocycles. The van der Waals surface area contributed by atoms with Gasteiger partial charge in [0, 0.05) is 9.85 Å². The average Bonchev–Trinajstić information content (AvgIpc) is 2.82. The third kappa shape index (κ3) is 4.19. The van der Waals surface area contributed by atoms with E-state index in [1.807, 2.05) is 12.6 Å². The summed E-state index contributed by atoms with van der Waals surface area (Å²) < 4.78 is 1.15. The number of benzene rings is 1. The number of nitrogens with zero attached hydrogens (tertiary/aromatic N) is 1. The van der Waals surface area contributed by atoms with Crippen LogP contribution >= 0.6 is 27.3 Å². The average molecular weight is 325 g/mol. The van der Waals surface area contributed by atoms with Crippen LogP contribution in [0.4, 0.5) is 0 Å². The quantitative estimate of drug-likeness (QED) is 0.879. The van der Waals surface area contributed by atoms with Gasteiger partial charge in [-0.25, -0.2) is 4.98 Å². The lowest BCUT2D eigenvalue weighted by Crippen LogP contribution is -2.22. The van der Waals surface area contributed by atoms with Crippen molar-refractivity contribution < 1.29 is 0 Å². The van der Waals surface area contributed by atoms with E-state index in [9.17, 15) is 0 Å². The Labute approximate surface area is 121 Å². The number of rotatable bonds is 6. The molecule has 0 aliphatic carbocycles. The smallest absolute Gasteiger partial charge is 0.0794 e. The van der Waals surface area contributed by atoms with Crippen LogP contribution in [0.3, 0.4) is 0 Å². The Kier molecular flexibility index (Phi) is 5.35. The first-order chi connectivity index (χ1) is 8.78. The van der Waals surface area contributed by atoms with Crippen molar-refractivity contribution in [1.29, 1.82) is 0 Å². The zero-order chi connectivity index (χ0) is 12.8. The molecule has 0 amide bonds. The summed E-state index contributed by atoms with van der Waals surface area (Å²) in [6.45, 7) is 1.02. The van der Waals surface area contributed by atoms with Crippen molar-refractivity contribution in [3.05, 3.63) is 50.9 Å². The van der Waals surface area contributed by atoms with E-state index in [4.69, 9.17) is 0 Å². The molecule has 0 aliphatic rings. The summed E-state index contributed by atoms with van der Waals surface area (Å²) in [5.74, 6) is 0.589. The molecule has 0 saturated carbocycles. The molecule has 2 nitrogen and oxygen atoms in total. The molecule has 2 aromatic rings. The van der Waals surface area contributed by atoms with Crippen LogP contribution in [0.15, 0.2) is 39.6 Å². The Hall–Kier alpha value is -0.710. The van der Waals surface area contributed by atoms with Gasteiger partial charge in [0.2, 0.25) is 0 Å². The zero-order valence-electron chi connectivity index (χ0n) is 10.4. The van der Waals surface area contributed by atoms with E-state index in [1.165, 1.54) is 11.3 Å². The van der Waals surface area contributed by atoms with Crippen molar-refractivity contribution in [3.8, 4) is 0 Å². The first kappa shape index (κ1) is 13.7. The molecule has 1 atom stereocenters. The van der Waals surface area contributed by atoms with Gasteiger partial charge in [-0.2, -0.15) is 0 Å². The molecule has 1 aromatic heterocycles. The fourth-order valence-electron chi connectivity index (χ4n) is 2.14. The number of halogens is 1. The van der Waals surface area contributed by atoms with E-state index in [1.54, 1.807) is 11.3 Å². The minimum atomic E-state index is 0.589. The number of thiazole rings is 1. The highest BCUT2D eigenvalue weighted by molar-refractivity contribution is 9.10. The summed E-state index contributed by atoms with van der Waals surface area (Å²) in [6, 6.07) is 8.55. The van der Waals surface area contributed by atoms with Gasteiger partial charge in [-0.3, -0.25) is 0 Å². The van der Waals surface area contributed by atoms with Crippen molar-refractivity contribution >= 4 is 27.3 Å². The molecule has 4 heteroatoms. The highest BCUT2D eigenvalue weighted by Gasteiger charge is 2.11. The Morgan fingerprint density at radius 3 is 2.94 bits per heavy atom. The Balaban J connectivity index is 2.01. The number of hydrogen-bond acceptors (Lipinski definition) is 3. The van der Waals surface area contributed by atoms with Gasteiger partial charge in [-0.15, -0.1) is 11.3 Å². The second-order valence-corrected chi connectivity index (χ2v) is 6.08. The van der Waals surface area contributed by atoms with E-state index in [-0.39, 0.29) is 0 Å². The fraction of sp³-hybridized carbons (Fsp3) is 0.357. The molecule has 0 bridgehead atoms. The normalized spacial score (nSPS) is 12.6. The van der Waals surface area contributed by atoms with Gasteiger partial charge in [0.25, 0.3) is 0 Å². The molecule has 0 fully saturated rings. The third-order valence-electron chi connectivity index (χ3n) is 2.89. The molecule has 0 radical (unpaired) electrons. The van der Waals surface area contributed by atoms with Crippen molar-refractivity contribution in [2.24, 2.45) is 5.92 Å². The fourth-order valence-corrected chi connectivity index (χ4v) is 3.15. The van der Waals surface area contributed by atoms with Crippen LogP contribution in [0.1, 0.15) is 11.3 Å². The third-order valence-corrected chi connectivity index (χ3v) is 4.02. The maximum absolute atomic E-state index is 4.38. The first-order valence-electron chi connectivity index (χ1n) is 6.04. The van der Waals surface area contributed by atoms with Crippen LogP contribution in [0.5, 0.6) is 0 Å².